The van der Waals surface area contributed by atoms with Crippen LogP contribution in [0.25, 0.3) is 0 Å². The lowest BCUT2D eigenvalue weighted by molar-refractivity contribution is -0.133. The molecule has 2 atom stereocenters. The number of amides is 3. The fraction of sp³-hybridized carbons (Fsp3) is 0.632. The van der Waals surface area contributed by atoms with Crippen LogP contribution < -0.4 is 4.90 Å². The lowest BCUT2D eigenvalue weighted by Crippen LogP contribution is -2.44. The van der Waals surface area contributed by atoms with Gasteiger partial charge in [0.1, 0.15) is 6.07 Å². The summed E-state index contributed by atoms with van der Waals surface area (Å²) in [7, 11) is 0. The maximum absolute atomic E-state index is 14.1. The largest absolute Gasteiger partial charge is 0.343 e. The third kappa shape index (κ3) is 7.61. The molecule has 1 aromatic heterocycles. The van der Waals surface area contributed by atoms with E-state index >= 15 is 0 Å². The summed E-state index contributed by atoms with van der Waals surface area (Å²) in [6.45, 7) is 22.2. The second-order valence-corrected chi connectivity index (χ2v) is 17.6. The van der Waals surface area contributed by atoms with E-state index in [1.165, 1.54) is 0 Å². The molecule has 3 amide bonds. The lowest BCUT2D eigenvalue weighted by Gasteiger charge is -2.34. The van der Waals surface area contributed by atoms with Gasteiger partial charge in [-0.25, -0.2) is 0 Å². The summed E-state index contributed by atoms with van der Waals surface area (Å²) in [4.78, 5) is 50.0. The number of halogens is 1. The Kier molecular flexibility index (Phi) is 10.7. The Hall–Kier alpha value is -2.93. The monoisotopic (exact) mass is 693 g/mol. The zero-order valence-corrected chi connectivity index (χ0v) is 31.6. The van der Waals surface area contributed by atoms with Crippen LogP contribution in [0.1, 0.15) is 99.0 Å². The van der Waals surface area contributed by atoms with Crippen LogP contribution in [-0.2, 0) is 20.4 Å². The van der Waals surface area contributed by atoms with Gasteiger partial charge in [0.2, 0.25) is 11.8 Å². The second kappa shape index (κ2) is 14.1. The van der Waals surface area contributed by atoms with Crippen LogP contribution in [-0.4, -0.2) is 84.8 Å². The number of likely N-dealkylation sites (tertiary alicyclic amines) is 3. The highest BCUT2D eigenvalue weighted by Crippen LogP contribution is 2.44. The molecule has 3 aliphatic rings. The van der Waals surface area contributed by atoms with Crippen molar-refractivity contribution >= 4 is 46.3 Å². The van der Waals surface area contributed by atoms with Crippen LogP contribution in [0.3, 0.4) is 0 Å². The number of piperidine rings is 1. The van der Waals surface area contributed by atoms with Gasteiger partial charge in [-0.3, -0.25) is 14.4 Å². The molecule has 0 saturated carbocycles. The van der Waals surface area contributed by atoms with Crippen LogP contribution in [0, 0.1) is 36.0 Å². The highest BCUT2D eigenvalue weighted by Gasteiger charge is 2.44. The summed E-state index contributed by atoms with van der Waals surface area (Å²) < 4.78 is 0. The van der Waals surface area contributed by atoms with E-state index in [-0.39, 0.29) is 34.5 Å². The molecule has 48 heavy (non-hydrogen) atoms. The van der Waals surface area contributed by atoms with Gasteiger partial charge in [0, 0.05) is 79.1 Å². The Morgan fingerprint density at radius 1 is 0.958 bits per heavy atom. The highest BCUT2D eigenvalue weighted by molar-refractivity contribution is 7.13. The summed E-state index contributed by atoms with van der Waals surface area (Å²) in [5.41, 5.74) is 2.53. The summed E-state index contributed by atoms with van der Waals surface area (Å²) in [6.07, 6.45) is 2.18. The number of thiophene rings is 1. The molecule has 1 aromatic carbocycles. The predicted molar refractivity (Wildman–Crippen MR) is 194 cm³/mol. The van der Waals surface area contributed by atoms with E-state index < -0.39 is 0 Å². The highest BCUT2D eigenvalue weighted by atomic mass is 35.5. The van der Waals surface area contributed by atoms with E-state index in [9.17, 15) is 19.6 Å². The van der Waals surface area contributed by atoms with E-state index in [1.807, 2.05) is 39.8 Å². The number of hydrogen-bond acceptors (Lipinski definition) is 6. The standard InChI is InChI=1S/C38H52ClN5O3S/c1-24-10-11-29(18-31(24)39)44(35(46)26-12-16-42(17-13-26)25(2)45)15-9-14-41-20-27-22-43(23-28(27)21-41)36(47)32-30(19-40)33(37(3,4)5)48-34(32)38(6,7)8/h10-11,18,26-28H,9,12-17,20-23H2,1-8H3. The molecule has 0 spiro atoms. The molecule has 3 fully saturated rings. The first-order valence-corrected chi connectivity index (χ1v) is 18.6. The fourth-order valence-electron chi connectivity index (χ4n) is 7.63. The number of hydrogen-bond donors (Lipinski definition) is 0. The molecule has 0 radical (unpaired) electrons. The smallest absolute Gasteiger partial charge is 0.256 e. The summed E-state index contributed by atoms with van der Waals surface area (Å²) in [5.74, 6) is 0.869. The van der Waals surface area contributed by atoms with E-state index in [4.69, 9.17) is 11.6 Å². The first kappa shape index (κ1) is 36.4. The Morgan fingerprint density at radius 3 is 2.08 bits per heavy atom. The van der Waals surface area contributed by atoms with Crippen LogP contribution in [0.5, 0.6) is 0 Å². The van der Waals surface area contributed by atoms with Gasteiger partial charge in [-0.15, -0.1) is 11.3 Å². The summed E-state index contributed by atoms with van der Waals surface area (Å²) in [5, 5.41) is 10.9. The average molecular weight is 694 g/mol. The molecule has 3 aliphatic heterocycles. The van der Waals surface area contributed by atoms with Crippen molar-refractivity contribution in [3.63, 3.8) is 0 Å². The molecule has 0 N–H and O–H groups in total. The number of nitrogens with zero attached hydrogens (tertiary/aromatic N) is 5. The molecular formula is C38H52ClN5O3S. The van der Waals surface area contributed by atoms with Crippen LogP contribution in [0.2, 0.25) is 5.02 Å². The van der Waals surface area contributed by atoms with E-state index in [2.05, 4.69) is 52.5 Å². The SMILES string of the molecule is CC(=O)N1CCC(C(=O)N(CCCN2CC3CN(C(=O)c4c(C(C)(C)C)sc(C(C)(C)C)c4C#N)CC3C2)c2ccc(C)c(Cl)c2)CC1. The van der Waals surface area contributed by atoms with Crippen molar-refractivity contribution in [3.05, 3.63) is 49.7 Å². The number of fused-ring (bicyclic) bond motifs is 1. The van der Waals surface area contributed by atoms with Crippen LogP contribution >= 0.6 is 22.9 Å². The second-order valence-electron chi connectivity index (χ2n) is 16.2. The number of carbonyl (C=O) groups excluding carboxylic acids is 3. The minimum Gasteiger partial charge on any atom is -0.343 e. The van der Waals surface area contributed by atoms with Gasteiger partial charge in [0.25, 0.3) is 5.91 Å². The number of carbonyl (C=O) groups is 3. The van der Waals surface area contributed by atoms with Gasteiger partial charge < -0.3 is 19.6 Å². The molecule has 8 nitrogen and oxygen atoms in total. The third-order valence-electron chi connectivity index (χ3n) is 10.3. The van der Waals surface area contributed by atoms with Crippen molar-refractivity contribution in [3.8, 4) is 6.07 Å². The molecule has 260 valence electrons. The fourth-order valence-corrected chi connectivity index (χ4v) is 9.16. The summed E-state index contributed by atoms with van der Waals surface area (Å²) >= 11 is 8.13. The maximum atomic E-state index is 14.1. The normalized spacial score (nSPS) is 20.6. The molecule has 3 saturated heterocycles. The molecule has 0 bridgehead atoms. The van der Waals surface area contributed by atoms with E-state index in [0.29, 0.717) is 73.6 Å². The van der Waals surface area contributed by atoms with Gasteiger partial charge in [-0.05, 0) is 73.1 Å². The molecule has 10 heteroatoms. The van der Waals surface area contributed by atoms with Gasteiger partial charge in [-0.2, -0.15) is 5.26 Å². The average Bonchev–Trinajstić information content (AvgIpc) is 3.72. The quantitative estimate of drug-likeness (QED) is 0.316. The van der Waals surface area contributed by atoms with Crippen LogP contribution in [0.15, 0.2) is 18.2 Å². The van der Waals surface area contributed by atoms with E-state index in [1.54, 1.807) is 18.3 Å². The predicted octanol–water partition coefficient (Wildman–Crippen LogP) is 6.86. The Morgan fingerprint density at radius 2 is 1.56 bits per heavy atom. The number of anilines is 1. The Bertz CT molecular complexity index is 1580. The topological polar surface area (TPSA) is 88.0 Å². The third-order valence-corrected chi connectivity index (χ3v) is 12.8. The van der Waals surface area contributed by atoms with Crippen molar-refractivity contribution in [1.29, 1.82) is 5.26 Å². The number of nitriles is 1. The molecule has 2 aromatic rings. The van der Waals surface area contributed by atoms with Gasteiger partial charge in [0.05, 0.1) is 11.1 Å². The molecule has 5 rings (SSSR count). The minimum atomic E-state index is -0.234. The van der Waals surface area contributed by atoms with Gasteiger partial charge in [-0.1, -0.05) is 59.2 Å². The van der Waals surface area contributed by atoms with Crippen molar-refractivity contribution in [1.82, 2.24) is 14.7 Å². The molecule has 2 unspecified atom stereocenters. The lowest BCUT2D eigenvalue weighted by atomic mass is 9.86. The maximum Gasteiger partial charge on any atom is 0.256 e. The van der Waals surface area contributed by atoms with Crippen LogP contribution in [0.4, 0.5) is 5.69 Å². The Labute approximate surface area is 296 Å². The van der Waals surface area contributed by atoms with Gasteiger partial charge in [0.15, 0.2) is 0 Å². The van der Waals surface area contributed by atoms with Crippen molar-refractivity contribution in [2.24, 2.45) is 17.8 Å². The van der Waals surface area contributed by atoms with E-state index in [0.717, 1.165) is 47.1 Å². The molecule has 0 aliphatic carbocycles. The molecular weight excluding hydrogens is 642 g/mol. The zero-order valence-electron chi connectivity index (χ0n) is 30.0. The number of aryl methyl sites for hydroxylation is 1. The van der Waals surface area contributed by atoms with Gasteiger partial charge >= 0.3 is 0 Å². The van der Waals surface area contributed by atoms with Crippen molar-refractivity contribution in [2.75, 3.05) is 57.3 Å². The first-order chi connectivity index (χ1) is 22.5. The minimum absolute atomic E-state index is 0.00391. The zero-order chi connectivity index (χ0) is 35.1. The van der Waals surface area contributed by atoms with Crippen molar-refractivity contribution in [2.45, 2.75) is 85.5 Å². The number of rotatable bonds is 7. The number of benzene rings is 1. The summed E-state index contributed by atoms with van der Waals surface area (Å²) in [6, 6.07) is 8.26. The van der Waals surface area contributed by atoms with Crippen molar-refractivity contribution < 1.29 is 14.4 Å². The Balaban J connectivity index is 1.22. The molecule has 4 heterocycles. The first-order valence-electron chi connectivity index (χ1n) is 17.4.